The zero-order valence-corrected chi connectivity index (χ0v) is 11.1. The maximum absolute atomic E-state index is 13.4. The fourth-order valence-corrected chi connectivity index (χ4v) is 2.19. The average Bonchev–Trinajstić information content (AvgIpc) is 3.15. The lowest BCUT2D eigenvalue weighted by atomic mass is 9.94. The molecule has 0 unspecified atom stereocenters. The van der Waals surface area contributed by atoms with Gasteiger partial charge in [0, 0.05) is 12.0 Å². The number of halogens is 5. The van der Waals surface area contributed by atoms with Crippen molar-refractivity contribution < 1.29 is 22.4 Å². The minimum atomic E-state index is -4.59. The third-order valence-electron chi connectivity index (χ3n) is 3.44. The molecular formula is C13H12ClF4NO. The summed E-state index contributed by atoms with van der Waals surface area (Å²) in [7, 11) is 0. The van der Waals surface area contributed by atoms with Crippen LogP contribution in [0.3, 0.4) is 0 Å². The second kappa shape index (κ2) is 5.24. The first-order valence-electron chi connectivity index (χ1n) is 5.98. The molecule has 110 valence electrons. The molecule has 0 aliphatic heterocycles. The van der Waals surface area contributed by atoms with E-state index in [4.69, 9.17) is 11.6 Å². The van der Waals surface area contributed by atoms with Crippen molar-refractivity contribution >= 4 is 17.5 Å². The summed E-state index contributed by atoms with van der Waals surface area (Å²) in [6.45, 7) is 0.166. The molecule has 0 saturated heterocycles. The van der Waals surface area contributed by atoms with Crippen LogP contribution in [0.2, 0.25) is 0 Å². The van der Waals surface area contributed by atoms with Crippen LogP contribution in [-0.2, 0) is 16.4 Å². The van der Waals surface area contributed by atoms with Crippen molar-refractivity contribution in [3.05, 3.63) is 35.1 Å². The van der Waals surface area contributed by atoms with Gasteiger partial charge in [-0.15, -0.1) is 11.6 Å². The fraction of sp³-hybridized carbons (Fsp3) is 0.462. The van der Waals surface area contributed by atoms with Gasteiger partial charge in [0.25, 0.3) is 0 Å². The van der Waals surface area contributed by atoms with Crippen LogP contribution in [0.15, 0.2) is 18.2 Å². The molecule has 2 rings (SSSR count). The Morgan fingerprint density at radius 1 is 1.30 bits per heavy atom. The van der Waals surface area contributed by atoms with E-state index in [9.17, 15) is 22.4 Å². The molecule has 1 N–H and O–H groups in total. The number of carbonyl (C=O) groups is 1. The number of benzene rings is 1. The van der Waals surface area contributed by atoms with Gasteiger partial charge in [0.1, 0.15) is 11.7 Å². The van der Waals surface area contributed by atoms with E-state index < -0.39 is 28.9 Å². The van der Waals surface area contributed by atoms with Crippen LogP contribution < -0.4 is 5.32 Å². The van der Waals surface area contributed by atoms with Crippen molar-refractivity contribution in [2.75, 3.05) is 12.4 Å². The van der Waals surface area contributed by atoms with E-state index >= 15 is 0 Å². The van der Waals surface area contributed by atoms with E-state index in [1.54, 1.807) is 0 Å². The number of alkyl halides is 4. The summed E-state index contributed by atoms with van der Waals surface area (Å²) in [5.41, 5.74) is -1.36. The SMILES string of the molecule is O=C(CCl)NCC1(c2cc(F)cc(C(F)(F)F)c2)CC1. The lowest BCUT2D eigenvalue weighted by molar-refractivity contribution is -0.137. The lowest BCUT2D eigenvalue weighted by Crippen LogP contribution is -2.33. The topological polar surface area (TPSA) is 29.1 Å². The minimum absolute atomic E-state index is 0.166. The molecule has 1 aliphatic carbocycles. The number of carbonyl (C=O) groups excluding carboxylic acids is 1. The molecule has 0 atom stereocenters. The van der Waals surface area contributed by atoms with Gasteiger partial charge in [-0.1, -0.05) is 0 Å². The molecule has 2 nitrogen and oxygen atoms in total. The van der Waals surface area contributed by atoms with E-state index in [1.165, 1.54) is 0 Å². The smallest absolute Gasteiger partial charge is 0.354 e. The van der Waals surface area contributed by atoms with Crippen LogP contribution >= 0.6 is 11.6 Å². The predicted octanol–water partition coefficient (Wildman–Crippen LogP) is 3.23. The normalized spacial score (nSPS) is 16.9. The van der Waals surface area contributed by atoms with Crippen molar-refractivity contribution in [2.24, 2.45) is 0 Å². The highest BCUT2D eigenvalue weighted by Gasteiger charge is 2.45. The Morgan fingerprint density at radius 2 is 1.95 bits per heavy atom. The molecule has 0 heterocycles. The molecule has 1 aliphatic rings. The molecule has 1 saturated carbocycles. The van der Waals surface area contributed by atoms with Crippen molar-refractivity contribution in [1.82, 2.24) is 5.32 Å². The number of amides is 1. The molecule has 1 aromatic carbocycles. The molecule has 1 fully saturated rings. The zero-order valence-electron chi connectivity index (χ0n) is 10.4. The maximum atomic E-state index is 13.4. The molecule has 7 heteroatoms. The van der Waals surface area contributed by atoms with Crippen LogP contribution in [0, 0.1) is 5.82 Å². The van der Waals surface area contributed by atoms with Crippen LogP contribution in [-0.4, -0.2) is 18.3 Å². The monoisotopic (exact) mass is 309 g/mol. The van der Waals surface area contributed by atoms with Gasteiger partial charge >= 0.3 is 6.18 Å². The maximum Gasteiger partial charge on any atom is 0.416 e. The number of hydrogen-bond donors (Lipinski definition) is 1. The second-order valence-corrected chi connectivity index (χ2v) is 5.18. The minimum Gasteiger partial charge on any atom is -0.354 e. The van der Waals surface area contributed by atoms with Crippen molar-refractivity contribution in [1.29, 1.82) is 0 Å². The second-order valence-electron chi connectivity index (χ2n) is 4.92. The predicted molar refractivity (Wildman–Crippen MR) is 66.0 cm³/mol. The molecule has 1 aromatic rings. The van der Waals surface area contributed by atoms with Gasteiger partial charge in [0.05, 0.1) is 5.56 Å². The summed E-state index contributed by atoms with van der Waals surface area (Å²) in [5, 5.41) is 2.54. The largest absolute Gasteiger partial charge is 0.416 e. The number of rotatable bonds is 4. The Kier molecular flexibility index (Phi) is 3.95. The molecule has 0 aromatic heterocycles. The van der Waals surface area contributed by atoms with Crippen LogP contribution in [0.4, 0.5) is 17.6 Å². The van der Waals surface area contributed by atoms with Crippen molar-refractivity contribution in [3.8, 4) is 0 Å². The first-order chi connectivity index (χ1) is 9.27. The highest BCUT2D eigenvalue weighted by Crippen LogP contribution is 2.48. The number of nitrogens with one attached hydrogen (secondary N) is 1. The molecule has 1 amide bonds. The van der Waals surface area contributed by atoms with Gasteiger partial charge in [0.15, 0.2) is 0 Å². The summed E-state index contributed by atoms with van der Waals surface area (Å²) in [4.78, 5) is 11.1. The molecular weight excluding hydrogens is 298 g/mol. The summed E-state index contributed by atoms with van der Waals surface area (Å²) in [6.07, 6.45) is -3.38. The van der Waals surface area contributed by atoms with Gasteiger partial charge in [-0.2, -0.15) is 13.2 Å². The summed E-state index contributed by atoms with van der Waals surface area (Å²) in [5.74, 6) is -1.54. The zero-order chi connectivity index (χ0) is 15.0. The Labute approximate surface area is 118 Å². The lowest BCUT2D eigenvalue weighted by Gasteiger charge is -2.18. The van der Waals surface area contributed by atoms with Gasteiger partial charge in [-0.3, -0.25) is 4.79 Å². The fourth-order valence-electron chi connectivity index (χ4n) is 2.09. The quantitative estimate of drug-likeness (QED) is 0.671. The molecule has 0 bridgehead atoms. The highest BCUT2D eigenvalue weighted by molar-refractivity contribution is 6.27. The molecule has 0 radical (unpaired) electrons. The number of hydrogen-bond acceptors (Lipinski definition) is 1. The van der Waals surface area contributed by atoms with Gasteiger partial charge in [0.2, 0.25) is 5.91 Å². The molecule has 20 heavy (non-hydrogen) atoms. The van der Waals surface area contributed by atoms with Crippen molar-refractivity contribution in [2.45, 2.75) is 24.4 Å². The van der Waals surface area contributed by atoms with Gasteiger partial charge in [-0.25, -0.2) is 4.39 Å². The Bertz CT molecular complexity index is 526. The van der Waals surface area contributed by atoms with E-state index in [1.807, 2.05) is 0 Å². The van der Waals surface area contributed by atoms with Crippen LogP contribution in [0.5, 0.6) is 0 Å². The summed E-state index contributed by atoms with van der Waals surface area (Å²) in [6, 6.07) is 2.51. The molecule has 0 spiro atoms. The van der Waals surface area contributed by atoms with Crippen LogP contribution in [0.25, 0.3) is 0 Å². The van der Waals surface area contributed by atoms with E-state index in [2.05, 4.69) is 5.32 Å². The summed E-state index contributed by atoms with van der Waals surface area (Å²) >= 11 is 5.34. The van der Waals surface area contributed by atoms with Gasteiger partial charge < -0.3 is 5.32 Å². The first kappa shape index (κ1) is 15.1. The first-order valence-corrected chi connectivity index (χ1v) is 6.51. The third kappa shape index (κ3) is 3.23. The van der Waals surface area contributed by atoms with E-state index in [-0.39, 0.29) is 18.0 Å². The van der Waals surface area contributed by atoms with Crippen molar-refractivity contribution in [3.63, 3.8) is 0 Å². The standard InChI is InChI=1S/C13H12ClF4NO/c14-6-11(20)19-7-12(1-2-12)8-3-9(13(16,17)18)5-10(15)4-8/h3-5H,1-2,6-7H2,(H,19,20). The third-order valence-corrected chi connectivity index (χ3v) is 3.68. The Morgan fingerprint density at radius 3 is 2.45 bits per heavy atom. The Balaban J connectivity index is 2.24. The average molecular weight is 310 g/mol. The summed E-state index contributed by atoms with van der Waals surface area (Å²) < 4.78 is 51.4. The highest BCUT2D eigenvalue weighted by atomic mass is 35.5. The van der Waals surface area contributed by atoms with E-state index in [0.717, 1.165) is 12.1 Å². The van der Waals surface area contributed by atoms with Crippen LogP contribution in [0.1, 0.15) is 24.0 Å². The van der Waals surface area contributed by atoms with E-state index in [0.29, 0.717) is 18.9 Å². The van der Waals surface area contributed by atoms with Gasteiger partial charge in [-0.05, 0) is 36.6 Å². The Hall–Kier alpha value is -1.30.